The van der Waals surface area contributed by atoms with E-state index in [1.54, 1.807) is 0 Å². The summed E-state index contributed by atoms with van der Waals surface area (Å²) in [5, 5.41) is 1.04. The SMILES string of the molecule is CC(C)P1C(C)(C)CC(Cc2ccccc2)CC1(C)C. The van der Waals surface area contributed by atoms with Crippen LogP contribution in [-0.4, -0.2) is 16.0 Å². The molecule has 1 heteroatoms. The molecule has 0 N–H and O–H groups in total. The minimum absolute atomic E-state index is 0.0815. The van der Waals surface area contributed by atoms with Crippen LogP contribution in [0.5, 0.6) is 0 Å². The normalized spacial score (nSPS) is 28.6. The number of hydrogen-bond donors (Lipinski definition) is 0. The summed E-state index contributed by atoms with van der Waals surface area (Å²) in [7, 11) is 0.0815. The van der Waals surface area contributed by atoms with Crippen molar-refractivity contribution < 1.29 is 0 Å². The Bertz CT molecular complexity index is 412. The Labute approximate surface area is 127 Å². The lowest BCUT2D eigenvalue weighted by Crippen LogP contribution is -2.42. The van der Waals surface area contributed by atoms with Crippen molar-refractivity contribution in [1.82, 2.24) is 0 Å². The predicted octanol–water partition coefficient (Wildman–Crippen LogP) is 6.09. The van der Waals surface area contributed by atoms with Gasteiger partial charge in [-0.1, -0.05) is 79.8 Å². The fourth-order valence-electron chi connectivity index (χ4n) is 4.99. The first-order valence-electron chi connectivity index (χ1n) is 8.06. The Balaban J connectivity index is 2.16. The molecular weight excluding hydrogens is 259 g/mol. The second kappa shape index (κ2) is 5.80. The highest BCUT2D eigenvalue weighted by Crippen LogP contribution is 2.69. The van der Waals surface area contributed by atoms with Crippen LogP contribution >= 0.6 is 7.92 Å². The first kappa shape index (κ1) is 16.0. The maximum absolute atomic E-state index is 2.53. The molecule has 0 aromatic heterocycles. The standard InChI is InChI=1S/C19H31P/c1-15(2)20-18(3,4)13-17(14-19(20,5)6)12-16-10-8-7-9-11-16/h7-11,15,17H,12-14H2,1-6H3. The molecule has 0 spiro atoms. The molecule has 1 aliphatic rings. The van der Waals surface area contributed by atoms with Gasteiger partial charge < -0.3 is 0 Å². The highest BCUT2D eigenvalue weighted by Gasteiger charge is 2.47. The van der Waals surface area contributed by atoms with E-state index in [-0.39, 0.29) is 7.92 Å². The van der Waals surface area contributed by atoms with Gasteiger partial charge in [-0.2, -0.15) is 0 Å². The van der Waals surface area contributed by atoms with Crippen LogP contribution in [0.3, 0.4) is 0 Å². The van der Waals surface area contributed by atoms with Crippen LogP contribution in [-0.2, 0) is 6.42 Å². The predicted molar refractivity (Wildman–Crippen MR) is 93.1 cm³/mol. The third kappa shape index (κ3) is 3.45. The number of rotatable bonds is 3. The van der Waals surface area contributed by atoms with Gasteiger partial charge in [-0.25, -0.2) is 0 Å². The molecule has 0 radical (unpaired) electrons. The Morgan fingerprint density at radius 2 is 1.50 bits per heavy atom. The zero-order valence-electron chi connectivity index (χ0n) is 14.1. The minimum Gasteiger partial charge on any atom is -0.0924 e. The molecule has 112 valence electrons. The van der Waals surface area contributed by atoms with Crippen LogP contribution in [0.15, 0.2) is 30.3 Å². The first-order valence-corrected chi connectivity index (χ1v) is 9.47. The molecule has 0 saturated carbocycles. The summed E-state index contributed by atoms with van der Waals surface area (Å²) in [5.41, 5.74) is 2.35. The van der Waals surface area contributed by atoms with Crippen LogP contribution in [0.4, 0.5) is 0 Å². The third-order valence-corrected chi connectivity index (χ3v) is 8.77. The van der Waals surface area contributed by atoms with Crippen molar-refractivity contribution in [2.75, 3.05) is 0 Å². The van der Waals surface area contributed by atoms with E-state index >= 15 is 0 Å². The molecule has 1 aromatic carbocycles. The van der Waals surface area contributed by atoms with Gasteiger partial charge in [-0.15, -0.1) is 0 Å². The lowest BCUT2D eigenvalue weighted by molar-refractivity contribution is 0.332. The van der Waals surface area contributed by atoms with Crippen molar-refractivity contribution in [3.05, 3.63) is 35.9 Å². The largest absolute Gasteiger partial charge is 0.0924 e. The average Bonchev–Trinajstić information content (AvgIpc) is 2.25. The highest BCUT2D eigenvalue weighted by atomic mass is 31.1. The zero-order valence-corrected chi connectivity index (χ0v) is 15.0. The summed E-state index contributed by atoms with van der Waals surface area (Å²) in [4.78, 5) is 0. The Hall–Kier alpha value is -0.350. The van der Waals surface area contributed by atoms with Gasteiger partial charge >= 0.3 is 0 Å². The van der Waals surface area contributed by atoms with Crippen molar-refractivity contribution >= 4 is 7.92 Å². The molecule has 1 saturated heterocycles. The molecule has 1 fully saturated rings. The lowest BCUT2D eigenvalue weighted by atomic mass is 9.83. The van der Waals surface area contributed by atoms with Crippen LogP contribution in [0.25, 0.3) is 0 Å². The number of hydrogen-bond acceptors (Lipinski definition) is 0. The molecule has 0 atom stereocenters. The maximum atomic E-state index is 2.53. The fraction of sp³-hybridized carbons (Fsp3) is 0.684. The van der Waals surface area contributed by atoms with E-state index in [1.165, 1.54) is 24.8 Å². The summed E-state index contributed by atoms with van der Waals surface area (Å²) in [6, 6.07) is 11.1. The second-order valence-corrected chi connectivity index (χ2v) is 12.2. The third-order valence-electron chi connectivity index (χ3n) is 4.76. The monoisotopic (exact) mass is 290 g/mol. The molecule has 2 rings (SSSR count). The highest BCUT2D eigenvalue weighted by molar-refractivity contribution is 7.61. The summed E-state index contributed by atoms with van der Waals surface area (Å²) in [6.45, 7) is 15.0. The Kier molecular flexibility index (Phi) is 4.65. The summed E-state index contributed by atoms with van der Waals surface area (Å²) in [5.74, 6) is 0.847. The molecule has 0 amide bonds. The molecule has 1 aliphatic heterocycles. The molecule has 0 aliphatic carbocycles. The maximum Gasteiger partial charge on any atom is -0.0141 e. The summed E-state index contributed by atoms with van der Waals surface area (Å²) >= 11 is 0. The van der Waals surface area contributed by atoms with Gasteiger partial charge in [0.05, 0.1) is 0 Å². The first-order chi connectivity index (χ1) is 9.22. The molecule has 0 unspecified atom stereocenters. The van der Waals surface area contributed by atoms with E-state index in [9.17, 15) is 0 Å². The van der Waals surface area contributed by atoms with E-state index in [2.05, 4.69) is 71.9 Å². The van der Waals surface area contributed by atoms with Crippen LogP contribution in [0.2, 0.25) is 0 Å². The molecule has 20 heavy (non-hydrogen) atoms. The topological polar surface area (TPSA) is 0 Å². The van der Waals surface area contributed by atoms with Gasteiger partial charge in [0.2, 0.25) is 0 Å². The van der Waals surface area contributed by atoms with Gasteiger partial charge in [-0.05, 0) is 46.7 Å². The van der Waals surface area contributed by atoms with E-state index in [4.69, 9.17) is 0 Å². The zero-order chi connectivity index (χ0) is 15.0. The molecule has 1 aromatic rings. The van der Waals surface area contributed by atoms with Crippen molar-refractivity contribution in [3.63, 3.8) is 0 Å². The van der Waals surface area contributed by atoms with Crippen molar-refractivity contribution in [1.29, 1.82) is 0 Å². The second-order valence-electron chi connectivity index (χ2n) is 8.05. The van der Waals surface area contributed by atoms with Gasteiger partial charge in [0, 0.05) is 0 Å². The van der Waals surface area contributed by atoms with E-state index in [0.29, 0.717) is 10.3 Å². The Morgan fingerprint density at radius 1 is 1.00 bits per heavy atom. The fourth-order valence-corrected chi connectivity index (χ4v) is 10.3. The average molecular weight is 290 g/mol. The van der Waals surface area contributed by atoms with Gasteiger partial charge in [0.25, 0.3) is 0 Å². The quantitative estimate of drug-likeness (QED) is 0.591. The smallest absolute Gasteiger partial charge is 0.0141 e. The van der Waals surface area contributed by atoms with Crippen LogP contribution < -0.4 is 0 Å². The number of benzene rings is 1. The minimum atomic E-state index is 0.0815. The Morgan fingerprint density at radius 3 is 1.95 bits per heavy atom. The molecular formula is C19H31P. The molecule has 0 bridgehead atoms. The van der Waals surface area contributed by atoms with Crippen LogP contribution in [0.1, 0.15) is 59.9 Å². The van der Waals surface area contributed by atoms with Crippen molar-refractivity contribution in [2.24, 2.45) is 5.92 Å². The van der Waals surface area contributed by atoms with Crippen LogP contribution in [0, 0.1) is 5.92 Å². The van der Waals surface area contributed by atoms with Crippen molar-refractivity contribution in [2.45, 2.75) is 76.8 Å². The summed E-state index contributed by atoms with van der Waals surface area (Å²) in [6.07, 6.45) is 4.05. The van der Waals surface area contributed by atoms with E-state index in [1.807, 2.05) is 0 Å². The van der Waals surface area contributed by atoms with Crippen molar-refractivity contribution in [3.8, 4) is 0 Å². The van der Waals surface area contributed by atoms with Gasteiger partial charge in [-0.3, -0.25) is 0 Å². The van der Waals surface area contributed by atoms with E-state index < -0.39 is 0 Å². The van der Waals surface area contributed by atoms with E-state index in [0.717, 1.165) is 11.6 Å². The molecule has 1 heterocycles. The molecule has 0 nitrogen and oxygen atoms in total. The summed E-state index contributed by atoms with van der Waals surface area (Å²) < 4.78 is 0. The van der Waals surface area contributed by atoms with Gasteiger partial charge in [0.15, 0.2) is 0 Å². The lowest BCUT2D eigenvalue weighted by Gasteiger charge is -2.55. The van der Waals surface area contributed by atoms with Gasteiger partial charge in [0.1, 0.15) is 0 Å².